The van der Waals surface area contributed by atoms with E-state index in [4.69, 9.17) is 0 Å². The Balaban J connectivity index is 1.91. The summed E-state index contributed by atoms with van der Waals surface area (Å²) in [7, 11) is -1.05. The second-order valence-corrected chi connectivity index (χ2v) is 9.23. The highest BCUT2D eigenvalue weighted by atomic mass is 32.2. The molecule has 1 heterocycles. The molecule has 30 heavy (non-hydrogen) atoms. The average molecular weight is 434 g/mol. The van der Waals surface area contributed by atoms with E-state index in [1.165, 1.54) is 38.4 Å². The van der Waals surface area contributed by atoms with Gasteiger partial charge < -0.3 is 15.3 Å². The lowest BCUT2D eigenvalue weighted by Gasteiger charge is -2.18. The van der Waals surface area contributed by atoms with Crippen LogP contribution in [0.1, 0.15) is 23.2 Å². The van der Waals surface area contributed by atoms with Gasteiger partial charge in [-0.3, -0.25) is 14.9 Å². The summed E-state index contributed by atoms with van der Waals surface area (Å²) in [6, 6.07) is 7.69. The molecule has 10 nitrogen and oxygen atoms in total. The van der Waals surface area contributed by atoms with Gasteiger partial charge in [-0.1, -0.05) is 0 Å². The summed E-state index contributed by atoms with van der Waals surface area (Å²) in [5.74, 6) is -1.04. The molecular weight excluding hydrogens is 412 g/mol. The zero-order chi connectivity index (χ0) is 22.1. The Morgan fingerprint density at radius 2 is 1.83 bits per heavy atom. The molecular formula is C19H22N4O6S. The monoisotopic (exact) mass is 434 g/mol. The smallest absolute Gasteiger partial charge is 0.293 e. The van der Waals surface area contributed by atoms with E-state index in [1.54, 1.807) is 0 Å². The van der Waals surface area contributed by atoms with Gasteiger partial charge in [-0.15, -0.1) is 0 Å². The van der Waals surface area contributed by atoms with E-state index in [0.717, 1.165) is 29.3 Å². The normalized spacial score (nSPS) is 14.2. The van der Waals surface area contributed by atoms with E-state index in [2.05, 4.69) is 5.32 Å². The van der Waals surface area contributed by atoms with Gasteiger partial charge in [0.2, 0.25) is 10.0 Å². The number of anilines is 2. The molecule has 3 rings (SSSR count). The van der Waals surface area contributed by atoms with Crippen molar-refractivity contribution in [1.82, 2.24) is 4.31 Å². The first kappa shape index (κ1) is 21.5. The molecule has 0 saturated carbocycles. The minimum Gasteiger partial charge on any atom is -0.506 e. The van der Waals surface area contributed by atoms with Gasteiger partial charge in [0.25, 0.3) is 11.6 Å². The largest absolute Gasteiger partial charge is 0.506 e. The van der Waals surface area contributed by atoms with Gasteiger partial charge in [-0.25, -0.2) is 12.7 Å². The van der Waals surface area contributed by atoms with E-state index >= 15 is 0 Å². The number of nitro groups is 1. The number of hydrogen-bond donors (Lipinski definition) is 2. The van der Waals surface area contributed by atoms with Crippen LogP contribution < -0.4 is 10.2 Å². The van der Waals surface area contributed by atoms with Crippen molar-refractivity contribution >= 4 is 33.0 Å². The van der Waals surface area contributed by atoms with Crippen LogP contribution >= 0.6 is 0 Å². The molecule has 0 spiro atoms. The summed E-state index contributed by atoms with van der Waals surface area (Å²) >= 11 is 0. The standard InChI is InChI=1S/C19H22N4O6S/c1-21(2)30(28,29)14-6-8-18(24)15(12-14)20-19(25)13-5-7-16(17(11-13)23(26)27)22-9-3-4-10-22/h5-8,11-12,24H,3-4,9-10H2,1-2H3,(H,20,25). The number of phenolic OH excluding ortho intramolecular Hbond substituents is 1. The van der Waals surface area contributed by atoms with Gasteiger partial charge in [-0.05, 0) is 43.2 Å². The molecule has 0 atom stereocenters. The van der Waals surface area contributed by atoms with Gasteiger partial charge >= 0.3 is 0 Å². The van der Waals surface area contributed by atoms with E-state index in [-0.39, 0.29) is 27.6 Å². The van der Waals surface area contributed by atoms with Crippen molar-refractivity contribution in [2.24, 2.45) is 0 Å². The fourth-order valence-corrected chi connectivity index (χ4v) is 4.15. The molecule has 0 aliphatic carbocycles. The second kappa shape index (κ2) is 8.28. The van der Waals surface area contributed by atoms with Crippen molar-refractivity contribution in [2.75, 3.05) is 37.4 Å². The molecule has 1 saturated heterocycles. The first-order valence-corrected chi connectivity index (χ1v) is 10.7. The molecule has 0 bridgehead atoms. The van der Waals surface area contributed by atoms with Crippen molar-refractivity contribution in [3.8, 4) is 5.75 Å². The summed E-state index contributed by atoms with van der Waals surface area (Å²) in [4.78, 5) is 25.4. The van der Waals surface area contributed by atoms with Crippen LogP contribution in [-0.4, -0.2) is 55.8 Å². The summed E-state index contributed by atoms with van der Waals surface area (Å²) < 4.78 is 25.6. The predicted octanol–water partition coefficient (Wildman–Crippen LogP) is 2.40. The minimum atomic E-state index is -3.77. The maximum atomic E-state index is 12.7. The highest BCUT2D eigenvalue weighted by Crippen LogP contribution is 2.33. The number of sulfonamides is 1. The van der Waals surface area contributed by atoms with Crippen LogP contribution in [-0.2, 0) is 10.0 Å². The first-order valence-electron chi connectivity index (χ1n) is 9.21. The Hall–Kier alpha value is -3.18. The van der Waals surface area contributed by atoms with Crippen LogP contribution in [0.25, 0.3) is 0 Å². The number of carbonyl (C=O) groups excluding carboxylic acids is 1. The molecule has 1 fully saturated rings. The van der Waals surface area contributed by atoms with Crippen LogP contribution in [0.2, 0.25) is 0 Å². The molecule has 1 aliphatic rings. The van der Waals surface area contributed by atoms with Crippen molar-refractivity contribution in [3.05, 3.63) is 52.1 Å². The molecule has 1 aliphatic heterocycles. The number of phenols is 1. The molecule has 2 aromatic carbocycles. The number of nitrogens with zero attached hydrogens (tertiary/aromatic N) is 3. The van der Waals surface area contributed by atoms with E-state index < -0.39 is 20.9 Å². The molecule has 11 heteroatoms. The van der Waals surface area contributed by atoms with Crippen LogP contribution in [0.5, 0.6) is 5.75 Å². The van der Waals surface area contributed by atoms with E-state index in [9.17, 15) is 28.4 Å². The van der Waals surface area contributed by atoms with Crippen molar-refractivity contribution in [1.29, 1.82) is 0 Å². The van der Waals surface area contributed by atoms with Gasteiger partial charge in [0.1, 0.15) is 11.4 Å². The van der Waals surface area contributed by atoms with Crippen molar-refractivity contribution in [3.63, 3.8) is 0 Å². The van der Waals surface area contributed by atoms with Crippen LogP contribution in [0.15, 0.2) is 41.3 Å². The molecule has 160 valence electrons. The van der Waals surface area contributed by atoms with Crippen molar-refractivity contribution in [2.45, 2.75) is 17.7 Å². The van der Waals surface area contributed by atoms with Gasteiger partial charge in [0.15, 0.2) is 0 Å². The highest BCUT2D eigenvalue weighted by molar-refractivity contribution is 7.89. The number of amides is 1. The molecule has 0 aromatic heterocycles. The van der Waals surface area contributed by atoms with Crippen LogP contribution in [0.4, 0.5) is 17.1 Å². The molecule has 0 radical (unpaired) electrons. The fourth-order valence-electron chi connectivity index (χ4n) is 3.22. The maximum absolute atomic E-state index is 12.7. The SMILES string of the molecule is CN(C)S(=O)(=O)c1ccc(O)c(NC(=O)c2ccc(N3CCCC3)c([N+](=O)[O-])c2)c1. The highest BCUT2D eigenvalue weighted by Gasteiger charge is 2.25. The topological polar surface area (TPSA) is 133 Å². The lowest BCUT2D eigenvalue weighted by molar-refractivity contribution is -0.384. The van der Waals surface area contributed by atoms with Gasteiger partial charge in [0, 0.05) is 38.8 Å². The Morgan fingerprint density at radius 1 is 1.17 bits per heavy atom. The number of aromatic hydroxyl groups is 1. The Labute approximate surface area is 173 Å². The van der Waals surface area contributed by atoms with Crippen LogP contribution in [0, 0.1) is 10.1 Å². The van der Waals surface area contributed by atoms with Gasteiger partial charge in [0.05, 0.1) is 15.5 Å². The minimum absolute atomic E-state index is 0.0184. The zero-order valence-electron chi connectivity index (χ0n) is 16.5. The summed E-state index contributed by atoms with van der Waals surface area (Å²) in [5.41, 5.74) is 0.174. The Kier molecular flexibility index (Phi) is 5.94. The van der Waals surface area contributed by atoms with Crippen LogP contribution in [0.3, 0.4) is 0 Å². The molecule has 0 unspecified atom stereocenters. The Bertz CT molecular complexity index is 1090. The zero-order valence-corrected chi connectivity index (χ0v) is 17.3. The molecule has 2 N–H and O–H groups in total. The quantitative estimate of drug-likeness (QED) is 0.405. The van der Waals surface area contributed by atoms with E-state index in [1.807, 2.05) is 4.90 Å². The predicted molar refractivity (Wildman–Crippen MR) is 111 cm³/mol. The summed E-state index contributed by atoms with van der Waals surface area (Å²) in [6.07, 6.45) is 1.90. The first-order chi connectivity index (χ1) is 14.1. The lowest BCUT2D eigenvalue weighted by Crippen LogP contribution is -2.22. The van der Waals surface area contributed by atoms with Gasteiger partial charge in [-0.2, -0.15) is 0 Å². The second-order valence-electron chi connectivity index (χ2n) is 7.08. The third-order valence-corrected chi connectivity index (χ3v) is 6.69. The Morgan fingerprint density at radius 3 is 2.43 bits per heavy atom. The number of benzene rings is 2. The third-order valence-electron chi connectivity index (χ3n) is 4.88. The maximum Gasteiger partial charge on any atom is 0.293 e. The van der Waals surface area contributed by atoms with Crippen molar-refractivity contribution < 1.29 is 23.2 Å². The molecule has 1 amide bonds. The summed E-state index contributed by atoms with van der Waals surface area (Å²) in [6.45, 7) is 1.43. The average Bonchev–Trinajstić information content (AvgIpc) is 3.23. The lowest BCUT2D eigenvalue weighted by atomic mass is 10.1. The summed E-state index contributed by atoms with van der Waals surface area (Å²) in [5, 5.41) is 24.0. The number of hydrogen-bond acceptors (Lipinski definition) is 7. The van der Waals surface area contributed by atoms with E-state index in [0.29, 0.717) is 18.8 Å². The number of nitro benzene ring substituents is 1. The number of rotatable bonds is 6. The molecule has 2 aromatic rings. The third kappa shape index (κ3) is 4.21. The fraction of sp³-hybridized carbons (Fsp3) is 0.316. The number of nitrogens with one attached hydrogen (secondary N) is 1. The number of carbonyl (C=O) groups is 1.